The summed E-state index contributed by atoms with van der Waals surface area (Å²) < 4.78 is 0. The van der Waals surface area contributed by atoms with Gasteiger partial charge in [0.1, 0.15) is 0 Å². The van der Waals surface area contributed by atoms with Crippen molar-refractivity contribution in [3.05, 3.63) is 29.3 Å². The normalized spacial score (nSPS) is 19.8. The van der Waals surface area contributed by atoms with Crippen LogP contribution in [0, 0.1) is 5.92 Å². The van der Waals surface area contributed by atoms with Gasteiger partial charge in [-0.3, -0.25) is 9.69 Å². The van der Waals surface area contributed by atoms with Crippen molar-refractivity contribution in [2.24, 2.45) is 5.92 Å². The first-order chi connectivity index (χ1) is 12.7. The number of nitrogens with zero attached hydrogens (tertiary/aromatic N) is 3. The summed E-state index contributed by atoms with van der Waals surface area (Å²) in [6.07, 6.45) is 3.69. The van der Waals surface area contributed by atoms with Crippen molar-refractivity contribution in [2.45, 2.75) is 19.3 Å². The topological polar surface area (TPSA) is 38.8 Å². The monoisotopic (exact) mass is 378 g/mol. The van der Waals surface area contributed by atoms with Crippen LogP contribution >= 0.6 is 11.6 Å². The number of anilines is 1. The number of hydrogen-bond donors (Lipinski definition) is 1. The molecule has 1 aromatic rings. The number of benzene rings is 1. The molecule has 1 amide bonds. The first-order valence-corrected chi connectivity index (χ1v) is 10.2. The predicted octanol–water partition coefficient (Wildman–Crippen LogP) is 2.31. The van der Waals surface area contributed by atoms with E-state index in [2.05, 4.69) is 21.2 Å². The molecule has 0 aromatic heterocycles. The minimum atomic E-state index is 0.282. The second-order valence-electron chi connectivity index (χ2n) is 7.46. The lowest BCUT2D eigenvalue weighted by atomic mass is 9.93. The van der Waals surface area contributed by atoms with Crippen molar-refractivity contribution < 1.29 is 4.79 Å². The Balaban J connectivity index is 1.40. The highest BCUT2D eigenvalue weighted by molar-refractivity contribution is 6.30. The van der Waals surface area contributed by atoms with Gasteiger partial charge in [0.25, 0.3) is 0 Å². The number of likely N-dealkylation sites (tertiary alicyclic amines) is 1. The molecule has 26 heavy (non-hydrogen) atoms. The average Bonchev–Trinajstić information content (AvgIpc) is 2.67. The van der Waals surface area contributed by atoms with Gasteiger partial charge < -0.3 is 15.1 Å². The Morgan fingerprint density at radius 1 is 1.15 bits per heavy atom. The van der Waals surface area contributed by atoms with E-state index in [4.69, 9.17) is 11.6 Å². The molecule has 2 heterocycles. The van der Waals surface area contributed by atoms with Crippen molar-refractivity contribution in [1.82, 2.24) is 15.1 Å². The molecular formula is C20H31ClN4O. The average molecular weight is 379 g/mol. The summed E-state index contributed by atoms with van der Waals surface area (Å²) in [6.45, 7) is 7.13. The molecule has 2 saturated heterocycles. The van der Waals surface area contributed by atoms with E-state index in [0.717, 1.165) is 62.4 Å². The Bertz CT molecular complexity index is 581. The van der Waals surface area contributed by atoms with E-state index in [1.807, 2.05) is 30.1 Å². The van der Waals surface area contributed by atoms with Gasteiger partial charge in [-0.15, -0.1) is 0 Å². The summed E-state index contributed by atoms with van der Waals surface area (Å²) in [7, 11) is 2.01. The van der Waals surface area contributed by atoms with Crippen molar-refractivity contribution in [2.75, 3.05) is 64.3 Å². The summed E-state index contributed by atoms with van der Waals surface area (Å²) in [5.41, 5.74) is 1.15. The van der Waals surface area contributed by atoms with Crippen molar-refractivity contribution in [3.8, 4) is 0 Å². The number of hydrogen-bond acceptors (Lipinski definition) is 4. The lowest BCUT2D eigenvalue weighted by molar-refractivity contribution is -0.133. The molecule has 0 aliphatic carbocycles. The van der Waals surface area contributed by atoms with Crippen molar-refractivity contribution in [1.29, 1.82) is 0 Å². The second-order valence-corrected chi connectivity index (χ2v) is 7.90. The first-order valence-electron chi connectivity index (χ1n) is 9.81. The molecule has 2 aliphatic rings. The zero-order valence-corrected chi connectivity index (χ0v) is 16.5. The van der Waals surface area contributed by atoms with Crippen LogP contribution in [0.15, 0.2) is 24.3 Å². The van der Waals surface area contributed by atoms with E-state index in [1.165, 1.54) is 19.3 Å². The third-order valence-corrected chi connectivity index (χ3v) is 5.91. The van der Waals surface area contributed by atoms with Crippen LogP contribution in [0.25, 0.3) is 0 Å². The molecule has 1 N–H and O–H groups in total. The smallest absolute Gasteiger partial charge is 0.236 e. The van der Waals surface area contributed by atoms with Gasteiger partial charge in [-0.2, -0.15) is 0 Å². The number of nitrogens with one attached hydrogen (secondary N) is 1. The third-order valence-electron chi connectivity index (χ3n) is 5.67. The summed E-state index contributed by atoms with van der Waals surface area (Å²) >= 11 is 6.09. The molecule has 0 unspecified atom stereocenters. The molecular weight excluding hydrogens is 348 g/mol. The van der Waals surface area contributed by atoms with Crippen LogP contribution in [0.5, 0.6) is 0 Å². The van der Waals surface area contributed by atoms with Gasteiger partial charge in [0, 0.05) is 36.9 Å². The summed E-state index contributed by atoms with van der Waals surface area (Å²) in [5, 5.41) is 4.00. The molecule has 0 radical (unpaired) electrons. The van der Waals surface area contributed by atoms with Crippen molar-refractivity contribution >= 4 is 23.2 Å². The molecule has 2 aliphatic heterocycles. The molecule has 144 valence electrons. The fourth-order valence-corrected chi connectivity index (χ4v) is 4.14. The Kier molecular flexibility index (Phi) is 7.17. The molecule has 2 fully saturated rings. The minimum Gasteiger partial charge on any atom is -0.368 e. The number of amides is 1. The number of halogens is 1. The van der Waals surface area contributed by atoms with E-state index in [9.17, 15) is 4.79 Å². The van der Waals surface area contributed by atoms with Gasteiger partial charge in [-0.1, -0.05) is 17.7 Å². The summed E-state index contributed by atoms with van der Waals surface area (Å²) in [5.74, 6) is 1.10. The van der Waals surface area contributed by atoms with Crippen LogP contribution in [0.1, 0.15) is 19.3 Å². The largest absolute Gasteiger partial charge is 0.368 e. The lowest BCUT2D eigenvalue weighted by Crippen LogP contribution is -2.52. The molecule has 0 spiro atoms. The number of carbonyl (C=O) groups is 1. The second kappa shape index (κ2) is 9.58. The SMILES string of the molecule is CNCCC1CCN(CC(=O)N2CCN(c3cccc(Cl)c3)CC2)CC1. The standard InChI is InChI=1S/C20H31ClN4O/c1-22-8-5-17-6-9-23(10-7-17)16-20(26)25-13-11-24(12-14-25)19-4-2-3-18(21)15-19/h2-4,15,17,22H,5-14,16H2,1H3. The highest BCUT2D eigenvalue weighted by Crippen LogP contribution is 2.22. The van der Waals surface area contributed by atoms with Crippen LogP contribution < -0.4 is 10.2 Å². The Morgan fingerprint density at radius 3 is 2.54 bits per heavy atom. The predicted molar refractivity (Wildman–Crippen MR) is 108 cm³/mol. The highest BCUT2D eigenvalue weighted by Gasteiger charge is 2.25. The summed E-state index contributed by atoms with van der Waals surface area (Å²) in [4.78, 5) is 19.3. The van der Waals surface area contributed by atoms with Gasteiger partial charge in [-0.05, 0) is 70.1 Å². The quantitative estimate of drug-likeness (QED) is 0.824. The van der Waals surface area contributed by atoms with Crippen LogP contribution in [-0.4, -0.2) is 75.1 Å². The maximum atomic E-state index is 12.7. The zero-order valence-electron chi connectivity index (χ0n) is 15.8. The number of carbonyl (C=O) groups excluding carboxylic acids is 1. The van der Waals surface area contributed by atoms with E-state index in [-0.39, 0.29) is 5.91 Å². The van der Waals surface area contributed by atoms with Crippen LogP contribution in [0.3, 0.4) is 0 Å². The van der Waals surface area contributed by atoms with Crippen LogP contribution in [-0.2, 0) is 4.79 Å². The van der Waals surface area contributed by atoms with Gasteiger partial charge >= 0.3 is 0 Å². The molecule has 5 nitrogen and oxygen atoms in total. The fourth-order valence-electron chi connectivity index (χ4n) is 3.96. The van der Waals surface area contributed by atoms with Crippen LogP contribution in [0.2, 0.25) is 5.02 Å². The Morgan fingerprint density at radius 2 is 1.88 bits per heavy atom. The van der Waals surface area contributed by atoms with Crippen LogP contribution in [0.4, 0.5) is 5.69 Å². The van der Waals surface area contributed by atoms with Gasteiger partial charge in [0.2, 0.25) is 5.91 Å². The maximum Gasteiger partial charge on any atom is 0.236 e. The van der Waals surface area contributed by atoms with Crippen molar-refractivity contribution in [3.63, 3.8) is 0 Å². The maximum absolute atomic E-state index is 12.7. The number of piperidine rings is 1. The number of piperazine rings is 1. The van der Waals surface area contributed by atoms with E-state index in [0.29, 0.717) is 6.54 Å². The van der Waals surface area contributed by atoms with E-state index < -0.39 is 0 Å². The first kappa shape index (κ1) is 19.5. The van der Waals surface area contributed by atoms with E-state index in [1.54, 1.807) is 0 Å². The number of rotatable bonds is 6. The van der Waals surface area contributed by atoms with Gasteiger partial charge in [0.05, 0.1) is 6.54 Å². The third kappa shape index (κ3) is 5.35. The molecule has 0 saturated carbocycles. The van der Waals surface area contributed by atoms with Gasteiger partial charge in [-0.25, -0.2) is 0 Å². The fraction of sp³-hybridized carbons (Fsp3) is 0.650. The molecule has 0 atom stereocenters. The molecule has 1 aromatic carbocycles. The van der Waals surface area contributed by atoms with E-state index >= 15 is 0 Å². The highest BCUT2D eigenvalue weighted by atomic mass is 35.5. The summed E-state index contributed by atoms with van der Waals surface area (Å²) in [6, 6.07) is 7.96. The lowest BCUT2D eigenvalue weighted by Gasteiger charge is -2.38. The molecule has 6 heteroatoms. The zero-order chi connectivity index (χ0) is 18.4. The Labute approximate surface area is 162 Å². The Hall–Kier alpha value is -1.30. The van der Waals surface area contributed by atoms with Gasteiger partial charge in [0.15, 0.2) is 0 Å². The molecule has 0 bridgehead atoms. The minimum absolute atomic E-state index is 0.282. The molecule has 3 rings (SSSR count).